The largest absolute Gasteiger partial charge is 0.383 e. The van der Waals surface area contributed by atoms with E-state index in [4.69, 9.17) is 0 Å². The summed E-state index contributed by atoms with van der Waals surface area (Å²) in [6, 6.07) is 15.1. The number of nitrogens with one attached hydrogen (secondary N) is 2. The molecule has 30 heavy (non-hydrogen) atoms. The van der Waals surface area contributed by atoms with E-state index in [0.717, 1.165) is 48.2 Å². The zero-order valence-electron chi connectivity index (χ0n) is 18.8. The lowest BCUT2D eigenvalue weighted by Gasteiger charge is -2.44. The van der Waals surface area contributed by atoms with Crippen molar-refractivity contribution in [2.24, 2.45) is 0 Å². The zero-order chi connectivity index (χ0) is 21.9. The van der Waals surface area contributed by atoms with Crippen LogP contribution in [0, 0.1) is 13.8 Å². The van der Waals surface area contributed by atoms with Gasteiger partial charge in [0.2, 0.25) is 5.91 Å². The first-order valence-corrected chi connectivity index (χ1v) is 10.7. The van der Waals surface area contributed by atoms with Gasteiger partial charge in [-0.15, -0.1) is 0 Å². The van der Waals surface area contributed by atoms with Gasteiger partial charge in [0.15, 0.2) is 0 Å². The summed E-state index contributed by atoms with van der Waals surface area (Å²) in [5.74, 6) is -0.0298. The SMILES string of the molecule is Cc1cccc(C)c1C(NC(=O)C1(N(C)C)CCNCC1)C(C)(O)c1ccccc1. The first-order valence-electron chi connectivity index (χ1n) is 10.7. The predicted molar refractivity (Wildman–Crippen MR) is 121 cm³/mol. The van der Waals surface area contributed by atoms with Crippen molar-refractivity contribution in [1.82, 2.24) is 15.5 Å². The maximum atomic E-state index is 13.8. The second-order valence-electron chi connectivity index (χ2n) is 8.90. The molecule has 0 saturated carbocycles. The molecule has 2 atom stereocenters. The quantitative estimate of drug-likeness (QED) is 0.686. The number of aliphatic hydroxyl groups is 1. The van der Waals surface area contributed by atoms with Crippen LogP contribution in [-0.2, 0) is 10.4 Å². The Morgan fingerprint density at radius 3 is 2.17 bits per heavy atom. The van der Waals surface area contributed by atoms with Gasteiger partial charge in [-0.05, 0) is 83.1 Å². The van der Waals surface area contributed by atoms with Gasteiger partial charge < -0.3 is 15.7 Å². The van der Waals surface area contributed by atoms with Crippen molar-refractivity contribution in [3.63, 3.8) is 0 Å². The van der Waals surface area contributed by atoms with E-state index in [9.17, 15) is 9.90 Å². The first kappa shape index (κ1) is 22.5. The Morgan fingerprint density at radius 2 is 1.63 bits per heavy atom. The normalized spacial score (nSPS) is 19.2. The minimum atomic E-state index is -1.27. The highest BCUT2D eigenvalue weighted by Crippen LogP contribution is 2.39. The van der Waals surface area contributed by atoms with E-state index in [1.54, 1.807) is 6.92 Å². The van der Waals surface area contributed by atoms with Crippen LogP contribution in [0.4, 0.5) is 0 Å². The molecule has 0 aromatic heterocycles. The second-order valence-corrected chi connectivity index (χ2v) is 8.90. The molecule has 3 N–H and O–H groups in total. The van der Waals surface area contributed by atoms with E-state index in [1.807, 2.05) is 81.4 Å². The van der Waals surface area contributed by atoms with Gasteiger partial charge in [0, 0.05) is 0 Å². The number of aryl methyl sites for hydroxylation is 2. The molecule has 1 aliphatic heterocycles. The van der Waals surface area contributed by atoms with E-state index in [-0.39, 0.29) is 5.91 Å². The third kappa shape index (κ3) is 4.15. The number of piperidine rings is 1. The van der Waals surface area contributed by atoms with E-state index in [2.05, 4.69) is 10.6 Å². The van der Waals surface area contributed by atoms with Crippen molar-refractivity contribution in [3.8, 4) is 0 Å². The average Bonchev–Trinajstić information content (AvgIpc) is 2.73. The summed E-state index contributed by atoms with van der Waals surface area (Å²) in [4.78, 5) is 15.8. The van der Waals surface area contributed by atoms with Crippen LogP contribution >= 0.6 is 0 Å². The molecule has 2 unspecified atom stereocenters. The van der Waals surface area contributed by atoms with Crippen LogP contribution in [0.5, 0.6) is 0 Å². The van der Waals surface area contributed by atoms with Crippen molar-refractivity contribution in [3.05, 3.63) is 70.8 Å². The summed E-state index contributed by atoms with van der Waals surface area (Å²) in [7, 11) is 3.93. The van der Waals surface area contributed by atoms with Crippen LogP contribution in [-0.4, -0.2) is 48.6 Å². The van der Waals surface area contributed by atoms with Gasteiger partial charge in [-0.25, -0.2) is 0 Å². The zero-order valence-corrected chi connectivity index (χ0v) is 18.8. The van der Waals surface area contributed by atoms with E-state index in [1.165, 1.54) is 0 Å². The van der Waals surface area contributed by atoms with E-state index >= 15 is 0 Å². The van der Waals surface area contributed by atoms with Crippen molar-refractivity contribution in [1.29, 1.82) is 0 Å². The monoisotopic (exact) mass is 409 g/mol. The van der Waals surface area contributed by atoms with Crippen LogP contribution in [0.3, 0.4) is 0 Å². The van der Waals surface area contributed by atoms with Crippen LogP contribution in [0.1, 0.15) is 48.1 Å². The molecule has 0 radical (unpaired) electrons. The topological polar surface area (TPSA) is 64.6 Å². The molecular weight excluding hydrogens is 374 g/mol. The van der Waals surface area contributed by atoms with Crippen molar-refractivity contribution >= 4 is 5.91 Å². The van der Waals surface area contributed by atoms with Crippen LogP contribution < -0.4 is 10.6 Å². The summed E-state index contributed by atoms with van der Waals surface area (Å²) < 4.78 is 0. The molecule has 5 heteroatoms. The third-order valence-electron chi connectivity index (χ3n) is 6.74. The Morgan fingerprint density at radius 1 is 1.07 bits per heavy atom. The molecule has 2 aromatic rings. The molecule has 162 valence electrons. The Balaban J connectivity index is 2.07. The van der Waals surface area contributed by atoms with E-state index in [0.29, 0.717) is 0 Å². The fourth-order valence-corrected chi connectivity index (χ4v) is 4.70. The molecule has 1 aliphatic rings. The highest BCUT2D eigenvalue weighted by atomic mass is 16.3. The van der Waals surface area contributed by atoms with Gasteiger partial charge in [0.25, 0.3) is 0 Å². The average molecular weight is 410 g/mol. The van der Waals surface area contributed by atoms with Gasteiger partial charge in [-0.1, -0.05) is 48.5 Å². The molecule has 5 nitrogen and oxygen atoms in total. The summed E-state index contributed by atoms with van der Waals surface area (Å²) >= 11 is 0. The molecular formula is C25H35N3O2. The lowest BCUT2D eigenvalue weighted by atomic mass is 9.79. The Labute approximate surface area is 180 Å². The Hall–Kier alpha value is -2.21. The molecule has 2 aromatic carbocycles. The minimum Gasteiger partial charge on any atom is -0.383 e. The van der Waals surface area contributed by atoms with Gasteiger partial charge in [-0.2, -0.15) is 0 Å². The molecule has 0 spiro atoms. The fraction of sp³-hybridized carbons (Fsp3) is 0.480. The first-order chi connectivity index (χ1) is 14.2. The van der Waals surface area contributed by atoms with Gasteiger partial charge in [-0.3, -0.25) is 9.69 Å². The summed E-state index contributed by atoms with van der Waals surface area (Å²) in [5.41, 5.74) is 2.01. The number of nitrogens with zero attached hydrogens (tertiary/aromatic N) is 1. The minimum absolute atomic E-state index is 0.0298. The van der Waals surface area contributed by atoms with Gasteiger partial charge >= 0.3 is 0 Å². The highest BCUT2D eigenvalue weighted by Gasteiger charge is 2.45. The second kappa shape index (κ2) is 8.88. The number of carbonyl (C=O) groups is 1. The van der Waals surface area contributed by atoms with Crippen molar-refractivity contribution in [2.45, 2.75) is 50.8 Å². The maximum Gasteiger partial charge on any atom is 0.241 e. The molecule has 1 heterocycles. The van der Waals surface area contributed by atoms with Crippen LogP contribution in [0.25, 0.3) is 0 Å². The standard InChI is InChI=1S/C25H35N3O2/c1-18-10-9-11-19(2)21(18)22(24(3,30)20-12-7-6-8-13-20)27-23(29)25(28(4)5)14-16-26-17-15-25/h6-13,22,26,30H,14-17H2,1-5H3,(H,27,29). The molecule has 0 bridgehead atoms. The molecule has 1 fully saturated rings. The Kier molecular flexibility index (Phi) is 6.65. The van der Waals surface area contributed by atoms with Crippen molar-refractivity contribution in [2.75, 3.05) is 27.2 Å². The number of carbonyl (C=O) groups excluding carboxylic acids is 1. The van der Waals surface area contributed by atoms with Crippen molar-refractivity contribution < 1.29 is 9.90 Å². The molecule has 3 rings (SSSR count). The van der Waals surface area contributed by atoms with Gasteiger partial charge in [0.1, 0.15) is 11.1 Å². The lowest BCUT2D eigenvalue weighted by molar-refractivity contribution is -0.137. The number of likely N-dealkylation sites (N-methyl/N-ethyl adjacent to an activating group) is 1. The summed E-state index contributed by atoms with van der Waals surface area (Å²) in [6.45, 7) is 7.47. The number of benzene rings is 2. The third-order valence-corrected chi connectivity index (χ3v) is 6.74. The predicted octanol–water partition coefficient (Wildman–Crippen LogP) is 3.05. The molecule has 0 aliphatic carbocycles. The molecule has 1 saturated heterocycles. The number of hydrogen-bond donors (Lipinski definition) is 3. The fourth-order valence-electron chi connectivity index (χ4n) is 4.70. The molecule has 1 amide bonds. The maximum absolute atomic E-state index is 13.8. The van der Waals surface area contributed by atoms with Crippen LogP contribution in [0.2, 0.25) is 0 Å². The van der Waals surface area contributed by atoms with Gasteiger partial charge in [0.05, 0.1) is 6.04 Å². The summed E-state index contributed by atoms with van der Waals surface area (Å²) in [5, 5.41) is 18.4. The number of rotatable bonds is 6. The van der Waals surface area contributed by atoms with Crippen LogP contribution in [0.15, 0.2) is 48.5 Å². The van der Waals surface area contributed by atoms with E-state index < -0.39 is 17.2 Å². The number of hydrogen-bond acceptors (Lipinski definition) is 4. The highest BCUT2D eigenvalue weighted by molar-refractivity contribution is 5.87. The number of amides is 1. The smallest absolute Gasteiger partial charge is 0.241 e. The summed E-state index contributed by atoms with van der Waals surface area (Å²) in [6.07, 6.45) is 1.47. The lowest BCUT2D eigenvalue weighted by Crippen LogP contribution is -2.62. The Bertz CT molecular complexity index is 851.